The van der Waals surface area contributed by atoms with Gasteiger partial charge in [0.2, 0.25) is 0 Å². The average molecular weight is 270 g/mol. The highest BCUT2D eigenvalue weighted by Gasteiger charge is 2.51. The van der Waals surface area contributed by atoms with Crippen LogP contribution in [0, 0.1) is 17.8 Å². The van der Waals surface area contributed by atoms with E-state index in [-0.39, 0.29) is 6.04 Å². The molecule has 4 aliphatic carbocycles. The first kappa shape index (κ1) is 12.7. The van der Waals surface area contributed by atoms with Crippen molar-refractivity contribution in [2.75, 3.05) is 5.73 Å². The molecule has 0 heterocycles. The molecule has 4 saturated carbocycles. The predicted molar refractivity (Wildman–Crippen MR) is 83.3 cm³/mol. The standard InChI is InChI=1S/C18H26N2/c1-11(19)16-7-15(2-3-17(16)20)18-8-12-4-13(9-18)6-14(5-12)10-18/h2-3,7,11-14H,4-6,8-10,19-20H2,1H3. The van der Waals surface area contributed by atoms with Crippen LogP contribution in [0.2, 0.25) is 0 Å². The number of hydrogen-bond donors (Lipinski definition) is 2. The predicted octanol–water partition coefficient (Wildman–Crippen LogP) is 3.76. The van der Waals surface area contributed by atoms with Crippen LogP contribution in [0.3, 0.4) is 0 Å². The van der Waals surface area contributed by atoms with Gasteiger partial charge in [0.05, 0.1) is 0 Å². The molecule has 5 rings (SSSR count). The van der Waals surface area contributed by atoms with E-state index in [1.807, 2.05) is 6.92 Å². The summed E-state index contributed by atoms with van der Waals surface area (Å²) in [5, 5.41) is 0. The molecule has 2 nitrogen and oxygen atoms in total. The molecule has 0 aliphatic heterocycles. The van der Waals surface area contributed by atoms with Crippen LogP contribution < -0.4 is 11.5 Å². The zero-order valence-electron chi connectivity index (χ0n) is 12.4. The Bertz CT molecular complexity index is 497. The smallest absolute Gasteiger partial charge is 0.0362 e. The Morgan fingerprint density at radius 2 is 1.60 bits per heavy atom. The molecule has 2 heteroatoms. The van der Waals surface area contributed by atoms with Crippen molar-refractivity contribution < 1.29 is 0 Å². The number of anilines is 1. The molecule has 4 aliphatic rings. The molecular formula is C18H26N2. The molecule has 1 aromatic carbocycles. The van der Waals surface area contributed by atoms with E-state index in [1.165, 1.54) is 44.1 Å². The highest BCUT2D eigenvalue weighted by molar-refractivity contribution is 5.51. The molecule has 1 atom stereocenters. The Hall–Kier alpha value is -1.02. The first-order valence-corrected chi connectivity index (χ1v) is 8.21. The van der Waals surface area contributed by atoms with Gasteiger partial charge in [-0.3, -0.25) is 0 Å². The molecule has 108 valence electrons. The van der Waals surface area contributed by atoms with Gasteiger partial charge in [0.15, 0.2) is 0 Å². The fourth-order valence-electron chi connectivity index (χ4n) is 5.76. The van der Waals surface area contributed by atoms with Crippen molar-refractivity contribution in [1.29, 1.82) is 0 Å². The summed E-state index contributed by atoms with van der Waals surface area (Å²) >= 11 is 0. The van der Waals surface area contributed by atoms with Crippen molar-refractivity contribution in [2.24, 2.45) is 23.5 Å². The van der Waals surface area contributed by atoms with Crippen LogP contribution in [0.25, 0.3) is 0 Å². The van der Waals surface area contributed by atoms with Gasteiger partial charge in [0.25, 0.3) is 0 Å². The van der Waals surface area contributed by atoms with Crippen molar-refractivity contribution in [3.63, 3.8) is 0 Å². The molecule has 0 radical (unpaired) electrons. The second kappa shape index (κ2) is 4.24. The van der Waals surface area contributed by atoms with Crippen LogP contribution in [-0.2, 0) is 5.41 Å². The van der Waals surface area contributed by atoms with E-state index in [2.05, 4.69) is 18.2 Å². The topological polar surface area (TPSA) is 52.0 Å². The minimum Gasteiger partial charge on any atom is -0.398 e. The summed E-state index contributed by atoms with van der Waals surface area (Å²) in [6, 6.07) is 6.73. The van der Waals surface area contributed by atoms with Crippen LogP contribution in [0.4, 0.5) is 5.69 Å². The lowest BCUT2D eigenvalue weighted by molar-refractivity contribution is -0.00521. The normalized spacial score (nSPS) is 40.0. The van der Waals surface area contributed by atoms with E-state index < -0.39 is 0 Å². The molecule has 4 bridgehead atoms. The van der Waals surface area contributed by atoms with Gasteiger partial charge in [-0.1, -0.05) is 12.1 Å². The van der Waals surface area contributed by atoms with Gasteiger partial charge in [-0.05, 0) is 85.8 Å². The monoisotopic (exact) mass is 270 g/mol. The molecule has 0 spiro atoms. The van der Waals surface area contributed by atoms with E-state index in [1.54, 1.807) is 0 Å². The first-order chi connectivity index (χ1) is 9.56. The van der Waals surface area contributed by atoms with Gasteiger partial charge in [-0.15, -0.1) is 0 Å². The molecule has 0 aromatic heterocycles. The van der Waals surface area contributed by atoms with Crippen LogP contribution >= 0.6 is 0 Å². The minimum absolute atomic E-state index is 0.0314. The lowest BCUT2D eigenvalue weighted by Crippen LogP contribution is -2.48. The van der Waals surface area contributed by atoms with E-state index in [4.69, 9.17) is 11.5 Å². The largest absolute Gasteiger partial charge is 0.398 e. The number of benzene rings is 1. The second-order valence-corrected chi connectivity index (χ2v) is 7.83. The Morgan fingerprint density at radius 3 is 2.10 bits per heavy atom. The highest BCUT2D eigenvalue weighted by atomic mass is 14.7. The van der Waals surface area contributed by atoms with Crippen molar-refractivity contribution in [1.82, 2.24) is 0 Å². The summed E-state index contributed by atoms with van der Waals surface area (Å²) in [6.07, 6.45) is 8.70. The highest BCUT2D eigenvalue weighted by Crippen LogP contribution is 2.60. The molecular weight excluding hydrogens is 244 g/mol. The van der Waals surface area contributed by atoms with Gasteiger partial charge < -0.3 is 11.5 Å². The van der Waals surface area contributed by atoms with Crippen molar-refractivity contribution in [3.05, 3.63) is 29.3 Å². The maximum atomic E-state index is 6.10. The van der Waals surface area contributed by atoms with Gasteiger partial charge in [-0.2, -0.15) is 0 Å². The van der Waals surface area contributed by atoms with Gasteiger partial charge in [-0.25, -0.2) is 0 Å². The quantitative estimate of drug-likeness (QED) is 0.804. The Labute approximate surface area is 121 Å². The van der Waals surface area contributed by atoms with Gasteiger partial charge >= 0.3 is 0 Å². The first-order valence-electron chi connectivity index (χ1n) is 8.21. The lowest BCUT2D eigenvalue weighted by atomic mass is 9.48. The number of nitrogens with two attached hydrogens (primary N) is 2. The summed E-state index contributed by atoms with van der Waals surface area (Å²) in [4.78, 5) is 0. The second-order valence-electron chi connectivity index (χ2n) is 7.83. The Balaban J connectivity index is 1.75. The van der Waals surface area contributed by atoms with Crippen LogP contribution in [-0.4, -0.2) is 0 Å². The summed E-state index contributed by atoms with van der Waals surface area (Å²) in [5.74, 6) is 2.95. The fraction of sp³-hybridized carbons (Fsp3) is 0.667. The van der Waals surface area contributed by atoms with E-state index in [0.29, 0.717) is 5.41 Å². The maximum Gasteiger partial charge on any atom is 0.0362 e. The molecule has 0 saturated heterocycles. The third-order valence-electron chi connectivity index (χ3n) is 6.23. The van der Waals surface area contributed by atoms with Crippen LogP contribution in [0.1, 0.15) is 62.6 Å². The summed E-state index contributed by atoms with van der Waals surface area (Å²) in [7, 11) is 0. The van der Waals surface area contributed by atoms with E-state index >= 15 is 0 Å². The Morgan fingerprint density at radius 1 is 1.05 bits per heavy atom. The van der Waals surface area contributed by atoms with Gasteiger partial charge in [0.1, 0.15) is 0 Å². The zero-order valence-corrected chi connectivity index (χ0v) is 12.4. The van der Waals surface area contributed by atoms with Crippen molar-refractivity contribution >= 4 is 5.69 Å². The summed E-state index contributed by atoms with van der Waals surface area (Å²) < 4.78 is 0. The SMILES string of the molecule is CC(N)c1cc(C23CC4CC(CC(C4)C2)C3)ccc1N. The molecule has 4 fully saturated rings. The van der Waals surface area contributed by atoms with Crippen LogP contribution in [0.5, 0.6) is 0 Å². The lowest BCUT2D eigenvalue weighted by Gasteiger charge is -2.57. The zero-order chi connectivity index (χ0) is 13.9. The number of nitrogen functional groups attached to an aromatic ring is 1. The molecule has 1 aromatic rings. The Kier molecular flexibility index (Phi) is 2.69. The van der Waals surface area contributed by atoms with E-state index in [9.17, 15) is 0 Å². The van der Waals surface area contributed by atoms with E-state index in [0.717, 1.165) is 29.0 Å². The van der Waals surface area contributed by atoms with Gasteiger partial charge in [0, 0.05) is 11.7 Å². The third kappa shape index (κ3) is 1.81. The van der Waals surface area contributed by atoms with Crippen LogP contribution in [0.15, 0.2) is 18.2 Å². The van der Waals surface area contributed by atoms with Crippen molar-refractivity contribution in [3.8, 4) is 0 Å². The molecule has 0 amide bonds. The minimum atomic E-state index is 0.0314. The summed E-state index contributed by atoms with van der Waals surface area (Å²) in [5.41, 5.74) is 16.2. The molecule has 1 unspecified atom stereocenters. The number of hydrogen-bond acceptors (Lipinski definition) is 2. The summed E-state index contributed by atoms with van der Waals surface area (Å²) in [6.45, 7) is 2.04. The van der Waals surface area contributed by atoms with Crippen molar-refractivity contribution in [2.45, 2.75) is 56.9 Å². The molecule has 20 heavy (non-hydrogen) atoms. The maximum absolute atomic E-state index is 6.10. The molecule has 4 N–H and O–H groups in total. The fourth-order valence-corrected chi connectivity index (χ4v) is 5.76. The number of rotatable bonds is 2. The third-order valence-corrected chi connectivity index (χ3v) is 6.23. The average Bonchev–Trinajstić information content (AvgIpc) is 2.37.